The molecule has 0 aliphatic rings. The molecule has 0 unspecified atom stereocenters. The van der Waals surface area contributed by atoms with Gasteiger partial charge in [-0.15, -0.1) is 0 Å². The molecular formula is C23H18F2N4O. The van der Waals surface area contributed by atoms with Crippen LogP contribution in [0.15, 0.2) is 61.2 Å². The predicted molar refractivity (Wildman–Crippen MR) is 109 cm³/mol. The molecule has 0 atom stereocenters. The van der Waals surface area contributed by atoms with Crippen molar-refractivity contribution >= 4 is 5.78 Å². The van der Waals surface area contributed by atoms with Gasteiger partial charge in [-0.3, -0.25) is 9.48 Å². The zero-order valence-corrected chi connectivity index (χ0v) is 16.4. The minimum absolute atomic E-state index is 0.156. The molecule has 0 bridgehead atoms. The maximum Gasteiger partial charge on any atom is 0.187 e. The molecule has 2 aromatic heterocycles. The van der Waals surface area contributed by atoms with Gasteiger partial charge in [0.05, 0.1) is 5.69 Å². The maximum atomic E-state index is 13.9. The summed E-state index contributed by atoms with van der Waals surface area (Å²) in [5, 5.41) is 4.28. The van der Waals surface area contributed by atoms with Crippen LogP contribution in [0.3, 0.4) is 0 Å². The van der Waals surface area contributed by atoms with Crippen LogP contribution in [-0.4, -0.2) is 25.5 Å². The van der Waals surface area contributed by atoms with Crippen molar-refractivity contribution in [2.75, 3.05) is 0 Å². The van der Waals surface area contributed by atoms with Crippen LogP contribution in [0.1, 0.15) is 21.6 Å². The summed E-state index contributed by atoms with van der Waals surface area (Å²) in [4.78, 5) is 20.8. The smallest absolute Gasteiger partial charge is 0.187 e. The fourth-order valence-corrected chi connectivity index (χ4v) is 3.33. The molecule has 4 rings (SSSR count). The van der Waals surface area contributed by atoms with Crippen LogP contribution in [0.5, 0.6) is 0 Å². The van der Waals surface area contributed by atoms with Gasteiger partial charge in [0.15, 0.2) is 5.78 Å². The minimum atomic E-state index is -0.742. The number of rotatable bonds is 5. The van der Waals surface area contributed by atoms with Crippen LogP contribution in [0, 0.1) is 18.6 Å². The second kappa shape index (κ2) is 7.94. The Labute approximate surface area is 172 Å². The normalized spacial score (nSPS) is 10.9. The molecule has 0 N–H and O–H groups in total. The van der Waals surface area contributed by atoms with E-state index in [0.29, 0.717) is 0 Å². The number of carbonyl (C=O) groups excluding carboxylic acids is 1. The van der Waals surface area contributed by atoms with Gasteiger partial charge in [-0.2, -0.15) is 5.10 Å². The van der Waals surface area contributed by atoms with Gasteiger partial charge in [0.1, 0.15) is 23.7 Å². The number of nitrogens with zero attached hydrogens (tertiary/aromatic N) is 4. The second-order valence-electron chi connectivity index (χ2n) is 7.00. The summed E-state index contributed by atoms with van der Waals surface area (Å²) < 4.78 is 29.4. The Hall–Kier alpha value is -3.74. The van der Waals surface area contributed by atoms with Gasteiger partial charge in [-0.05, 0) is 42.3 Å². The predicted octanol–water partition coefficient (Wildman–Crippen LogP) is 4.56. The lowest BCUT2D eigenvalue weighted by molar-refractivity contribution is 0.0985. The Morgan fingerprint density at radius 2 is 1.70 bits per heavy atom. The lowest BCUT2D eigenvalue weighted by Crippen LogP contribution is -2.08. The number of Topliss-reactive ketones (excluding diaryl/α,β-unsaturated/α-hetero) is 1. The topological polar surface area (TPSA) is 60.7 Å². The van der Waals surface area contributed by atoms with Crippen molar-refractivity contribution in [1.29, 1.82) is 0 Å². The highest BCUT2D eigenvalue weighted by Gasteiger charge is 2.19. The van der Waals surface area contributed by atoms with E-state index in [1.807, 2.05) is 25.1 Å². The van der Waals surface area contributed by atoms with Crippen LogP contribution >= 0.6 is 0 Å². The molecule has 0 amide bonds. The van der Waals surface area contributed by atoms with E-state index < -0.39 is 23.8 Å². The van der Waals surface area contributed by atoms with Crippen LogP contribution in [0.2, 0.25) is 0 Å². The first-order chi connectivity index (χ1) is 14.4. The molecule has 7 heteroatoms. The van der Waals surface area contributed by atoms with E-state index in [1.165, 1.54) is 12.4 Å². The highest BCUT2D eigenvalue weighted by Crippen LogP contribution is 2.29. The van der Waals surface area contributed by atoms with E-state index in [1.54, 1.807) is 30.2 Å². The van der Waals surface area contributed by atoms with Crippen LogP contribution in [-0.2, 0) is 13.5 Å². The molecule has 5 nitrogen and oxygen atoms in total. The Morgan fingerprint density at radius 1 is 1.00 bits per heavy atom. The summed E-state index contributed by atoms with van der Waals surface area (Å²) in [6, 6.07) is 11.1. The van der Waals surface area contributed by atoms with E-state index in [0.717, 1.165) is 40.1 Å². The molecule has 2 heterocycles. The van der Waals surface area contributed by atoms with Crippen LogP contribution in [0.25, 0.3) is 22.4 Å². The number of benzene rings is 2. The summed E-state index contributed by atoms with van der Waals surface area (Å²) >= 11 is 0. The number of aryl methyl sites for hydroxylation is 2. The highest BCUT2D eigenvalue weighted by molar-refractivity contribution is 5.97. The maximum absolute atomic E-state index is 13.9. The van der Waals surface area contributed by atoms with Gasteiger partial charge in [-0.1, -0.05) is 18.2 Å². The first kappa shape index (κ1) is 19.6. The Morgan fingerprint density at radius 3 is 2.40 bits per heavy atom. The molecule has 0 saturated carbocycles. The Balaban J connectivity index is 1.69. The Kier molecular flexibility index (Phi) is 5.18. The number of carbonyl (C=O) groups is 1. The molecule has 0 fully saturated rings. The number of ketones is 1. The lowest BCUT2D eigenvalue weighted by atomic mass is 9.98. The molecule has 0 aliphatic carbocycles. The molecular weight excluding hydrogens is 386 g/mol. The number of aromatic nitrogens is 4. The molecule has 0 spiro atoms. The van der Waals surface area contributed by atoms with Gasteiger partial charge in [0, 0.05) is 42.6 Å². The fourth-order valence-electron chi connectivity index (χ4n) is 3.33. The molecule has 0 radical (unpaired) electrons. The average Bonchev–Trinajstić information content (AvgIpc) is 3.13. The summed E-state index contributed by atoms with van der Waals surface area (Å²) in [5.74, 6) is -1.94. The summed E-state index contributed by atoms with van der Waals surface area (Å²) in [6.07, 6.45) is 4.52. The van der Waals surface area contributed by atoms with Gasteiger partial charge >= 0.3 is 0 Å². The standard InChI is InChI=1S/C23H18F2N4O/c1-14-6-7-15(16-11-26-13-27-12-16)8-17(14)22-10-21(28-29(22)2)23(30)9-18-19(24)4-3-5-20(18)25/h3-8,10-13H,9H2,1-2H3. The number of halogens is 2. The van der Waals surface area contributed by atoms with Crippen molar-refractivity contribution in [3.05, 3.63) is 89.6 Å². The van der Waals surface area contributed by atoms with E-state index in [-0.39, 0.29) is 11.3 Å². The first-order valence-corrected chi connectivity index (χ1v) is 9.30. The third-order valence-electron chi connectivity index (χ3n) is 4.97. The average molecular weight is 404 g/mol. The van der Waals surface area contributed by atoms with Crippen molar-refractivity contribution in [2.45, 2.75) is 13.3 Å². The lowest BCUT2D eigenvalue weighted by Gasteiger charge is -2.09. The molecule has 4 aromatic rings. The van der Waals surface area contributed by atoms with Gasteiger partial charge in [0.25, 0.3) is 0 Å². The van der Waals surface area contributed by atoms with Crippen molar-refractivity contribution in [3.8, 4) is 22.4 Å². The van der Waals surface area contributed by atoms with Gasteiger partial charge < -0.3 is 0 Å². The molecule has 2 aromatic carbocycles. The van der Waals surface area contributed by atoms with Crippen molar-refractivity contribution in [1.82, 2.24) is 19.7 Å². The highest BCUT2D eigenvalue weighted by atomic mass is 19.1. The summed E-state index contributed by atoms with van der Waals surface area (Å²) in [7, 11) is 1.73. The summed E-state index contributed by atoms with van der Waals surface area (Å²) in [5.41, 5.74) is 4.31. The molecule has 0 aliphatic heterocycles. The van der Waals surface area contributed by atoms with Gasteiger partial charge in [-0.25, -0.2) is 18.7 Å². The largest absolute Gasteiger partial charge is 0.292 e. The number of hydrogen-bond acceptors (Lipinski definition) is 4. The van der Waals surface area contributed by atoms with Crippen LogP contribution < -0.4 is 0 Å². The van der Waals surface area contributed by atoms with E-state index in [9.17, 15) is 13.6 Å². The van der Waals surface area contributed by atoms with Crippen molar-refractivity contribution in [3.63, 3.8) is 0 Å². The quantitative estimate of drug-likeness (QED) is 0.458. The first-order valence-electron chi connectivity index (χ1n) is 9.30. The molecule has 150 valence electrons. The third-order valence-corrected chi connectivity index (χ3v) is 4.97. The van der Waals surface area contributed by atoms with Crippen LogP contribution in [0.4, 0.5) is 8.78 Å². The second-order valence-corrected chi connectivity index (χ2v) is 7.00. The molecule has 0 saturated heterocycles. The van der Waals surface area contributed by atoms with E-state index in [2.05, 4.69) is 15.1 Å². The van der Waals surface area contributed by atoms with Crippen molar-refractivity contribution < 1.29 is 13.6 Å². The van der Waals surface area contributed by atoms with E-state index >= 15 is 0 Å². The zero-order chi connectivity index (χ0) is 21.3. The van der Waals surface area contributed by atoms with Gasteiger partial charge in [0.2, 0.25) is 0 Å². The van der Waals surface area contributed by atoms with E-state index in [4.69, 9.17) is 0 Å². The Bertz CT molecular complexity index is 1220. The summed E-state index contributed by atoms with van der Waals surface area (Å²) in [6.45, 7) is 1.96. The molecule has 30 heavy (non-hydrogen) atoms. The van der Waals surface area contributed by atoms with Crippen molar-refractivity contribution in [2.24, 2.45) is 7.05 Å². The SMILES string of the molecule is Cc1ccc(-c2cncnc2)cc1-c1cc(C(=O)Cc2c(F)cccc2F)nn1C. The third kappa shape index (κ3) is 3.74. The fraction of sp³-hybridized carbons (Fsp3) is 0.130. The monoisotopic (exact) mass is 404 g/mol. The minimum Gasteiger partial charge on any atom is -0.292 e. The zero-order valence-electron chi connectivity index (χ0n) is 16.4. The number of hydrogen-bond donors (Lipinski definition) is 0.